The first-order valence-electron chi connectivity index (χ1n) is 4.93. The van der Waals surface area contributed by atoms with Crippen molar-refractivity contribution in [2.75, 3.05) is 0 Å². The number of rotatable bonds is 2. The van der Waals surface area contributed by atoms with Crippen molar-refractivity contribution >= 4 is 6.08 Å². The lowest BCUT2D eigenvalue weighted by Crippen LogP contribution is -2.10. The van der Waals surface area contributed by atoms with Crippen molar-refractivity contribution in [1.29, 1.82) is 0 Å². The van der Waals surface area contributed by atoms with E-state index in [4.69, 9.17) is 0 Å². The molecule has 0 aliphatic heterocycles. The molecule has 0 aliphatic carbocycles. The highest BCUT2D eigenvalue weighted by molar-refractivity contribution is 5.50. The van der Waals surface area contributed by atoms with E-state index >= 15 is 0 Å². The van der Waals surface area contributed by atoms with Crippen LogP contribution in [0.1, 0.15) is 31.9 Å². The molecule has 0 radical (unpaired) electrons. The molecule has 4 heteroatoms. The second-order valence-corrected chi connectivity index (χ2v) is 4.60. The topological polar surface area (TPSA) is 43.1 Å². The monoisotopic (exact) mass is 223 g/mol. The van der Waals surface area contributed by atoms with Gasteiger partial charge in [0.2, 0.25) is 0 Å². The van der Waals surface area contributed by atoms with Gasteiger partial charge < -0.3 is 0 Å². The Labute approximate surface area is 93.7 Å². The van der Waals surface area contributed by atoms with Crippen LogP contribution in [0.3, 0.4) is 0 Å². The first kappa shape index (κ1) is 12.4. The molecular formula is C12H14FNO2. The molecule has 1 rings (SSSR count). The number of nitrogens with zero attached hydrogens (tertiary/aromatic N) is 1. The highest BCUT2D eigenvalue weighted by atomic mass is 19.1. The van der Waals surface area contributed by atoms with E-state index in [1.54, 1.807) is 12.1 Å². The molecule has 86 valence electrons. The summed E-state index contributed by atoms with van der Waals surface area (Å²) in [6.07, 6.45) is 0.909. The lowest BCUT2D eigenvalue weighted by molar-refractivity contribution is -0.445. The second kappa shape index (κ2) is 4.43. The van der Waals surface area contributed by atoms with Crippen molar-refractivity contribution in [3.63, 3.8) is 0 Å². The van der Waals surface area contributed by atoms with Gasteiger partial charge in [-0.1, -0.05) is 45.0 Å². The van der Waals surface area contributed by atoms with Crippen molar-refractivity contribution in [3.05, 3.63) is 51.5 Å². The van der Waals surface area contributed by atoms with E-state index in [0.29, 0.717) is 5.56 Å². The minimum absolute atomic E-state index is 0.0178. The van der Waals surface area contributed by atoms with Gasteiger partial charge >= 0.3 is 5.95 Å². The van der Waals surface area contributed by atoms with Crippen LogP contribution >= 0.6 is 0 Å². The summed E-state index contributed by atoms with van der Waals surface area (Å²) >= 11 is 0. The Morgan fingerprint density at radius 1 is 1.31 bits per heavy atom. The maximum Gasteiger partial charge on any atom is 0.419 e. The quantitative estimate of drug-likeness (QED) is 0.437. The summed E-state index contributed by atoms with van der Waals surface area (Å²) in [7, 11) is 0. The van der Waals surface area contributed by atoms with Crippen LogP contribution < -0.4 is 0 Å². The zero-order valence-corrected chi connectivity index (χ0v) is 9.53. The smallest absolute Gasteiger partial charge is 0.256 e. The SMILES string of the molecule is CC(C)(C)c1ccc(/C=C(\F)[N+](=O)[O-])cc1. The molecule has 0 atom stereocenters. The van der Waals surface area contributed by atoms with Gasteiger partial charge in [0.1, 0.15) is 0 Å². The predicted molar refractivity (Wildman–Crippen MR) is 61.2 cm³/mol. The summed E-state index contributed by atoms with van der Waals surface area (Å²) < 4.78 is 12.7. The van der Waals surface area contributed by atoms with E-state index in [1.165, 1.54) is 0 Å². The van der Waals surface area contributed by atoms with Crippen molar-refractivity contribution in [3.8, 4) is 0 Å². The van der Waals surface area contributed by atoms with Crippen LogP contribution in [-0.2, 0) is 5.41 Å². The van der Waals surface area contributed by atoms with Gasteiger partial charge in [-0.2, -0.15) is 0 Å². The van der Waals surface area contributed by atoms with Gasteiger partial charge in [0.25, 0.3) is 0 Å². The van der Waals surface area contributed by atoms with Crippen molar-refractivity contribution in [1.82, 2.24) is 0 Å². The van der Waals surface area contributed by atoms with Gasteiger partial charge in [-0.15, -0.1) is 4.39 Å². The number of hydrogen-bond donors (Lipinski definition) is 0. The summed E-state index contributed by atoms with van der Waals surface area (Å²) in [6, 6.07) is 7.03. The van der Waals surface area contributed by atoms with Crippen molar-refractivity contribution in [2.24, 2.45) is 0 Å². The molecule has 0 aromatic heterocycles. The van der Waals surface area contributed by atoms with Crippen LogP contribution in [0, 0.1) is 10.1 Å². The molecule has 0 saturated carbocycles. The van der Waals surface area contributed by atoms with Gasteiger partial charge in [-0.25, -0.2) is 0 Å². The molecule has 0 bridgehead atoms. The molecule has 16 heavy (non-hydrogen) atoms. The Morgan fingerprint density at radius 2 is 1.81 bits per heavy atom. The summed E-state index contributed by atoms with van der Waals surface area (Å²) in [4.78, 5) is 9.05. The Morgan fingerprint density at radius 3 is 2.19 bits per heavy atom. The van der Waals surface area contributed by atoms with Crippen LogP contribution in [0.25, 0.3) is 6.08 Å². The van der Waals surface area contributed by atoms with Crippen molar-refractivity contribution in [2.45, 2.75) is 26.2 Å². The third-order valence-electron chi connectivity index (χ3n) is 2.24. The highest BCUT2D eigenvalue weighted by Crippen LogP contribution is 2.22. The fourth-order valence-corrected chi connectivity index (χ4v) is 1.27. The molecule has 0 unspecified atom stereocenters. The minimum atomic E-state index is -1.34. The Kier molecular flexibility index (Phi) is 3.42. The van der Waals surface area contributed by atoms with Gasteiger partial charge in [0.05, 0.1) is 11.0 Å². The molecule has 0 fully saturated rings. The van der Waals surface area contributed by atoms with E-state index in [-0.39, 0.29) is 5.41 Å². The summed E-state index contributed by atoms with van der Waals surface area (Å²) in [5.74, 6) is -1.34. The van der Waals surface area contributed by atoms with Crippen LogP contribution in [-0.4, -0.2) is 4.92 Å². The molecule has 1 aromatic carbocycles. The lowest BCUT2D eigenvalue weighted by Gasteiger charge is -2.18. The number of nitro groups is 1. The minimum Gasteiger partial charge on any atom is -0.256 e. The summed E-state index contributed by atoms with van der Waals surface area (Å²) in [6.45, 7) is 6.19. The molecule has 0 aliphatic rings. The molecule has 3 nitrogen and oxygen atoms in total. The predicted octanol–water partition coefficient (Wildman–Crippen LogP) is 3.53. The summed E-state index contributed by atoms with van der Waals surface area (Å²) in [5, 5.41) is 10.1. The maximum atomic E-state index is 12.7. The van der Waals surface area contributed by atoms with E-state index < -0.39 is 10.9 Å². The molecule has 0 N–H and O–H groups in total. The standard InChI is InChI=1S/C12H14FNO2/c1-12(2,3)10-6-4-9(5-7-10)8-11(13)14(15)16/h4-8H,1-3H3/b11-8+. The zero-order chi connectivity index (χ0) is 12.3. The van der Waals surface area contributed by atoms with Gasteiger partial charge in [0, 0.05) is 0 Å². The first-order valence-corrected chi connectivity index (χ1v) is 4.93. The van der Waals surface area contributed by atoms with Gasteiger partial charge in [0.15, 0.2) is 0 Å². The van der Waals surface area contributed by atoms with Crippen LogP contribution in [0.5, 0.6) is 0 Å². The zero-order valence-electron chi connectivity index (χ0n) is 9.53. The molecule has 0 saturated heterocycles. The highest BCUT2D eigenvalue weighted by Gasteiger charge is 2.13. The fraction of sp³-hybridized carbons (Fsp3) is 0.333. The Balaban J connectivity index is 2.97. The van der Waals surface area contributed by atoms with Gasteiger partial charge in [-0.05, 0) is 16.5 Å². The third kappa shape index (κ3) is 3.15. The molecule has 0 amide bonds. The van der Waals surface area contributed by atoms with Crippen molar-refractivity contribution < 1.29 is 9.31 Å². The van der Waals surface area contributed by atoms with E-state index in [1.807, 2.05) is 12.1 Å². The third-order valence-corrected chi connectivity index (χ3v) is 2.24. The first-order chi connectivity index (χ1) is 7.30. The fourth-order valence-electron chi connectivity index (χ4n) is 1.27. The largest absolute Gasteiger partial charge is 0.419 e. The van der Waals surface area contributed by atoms with Gasteiger partial charge in [-0.3, -0.25) is 10.1 Å². The lowest BCUT2D eigenvalue weighted by atomic mass is 9.87. The molecule has 0 spiro atoms. The van der Waals surface area contributed by atoms with Crippen LogP contribution in [0.2, 0.25) is 0 Å². The number of benzene rings is 1. The normalized spacial score (nSPS) is 12.6. The average molecular weight is 223 g/mol. The van der Waals surface area contributed by atoms with E-state index in [0.717, 1.165) is 11.6 Å². The van der Waals surface area contributed by atoms with Crippen LogP contribution in [0.15, 0.2) is 30.2 Å². The molecule has 0 heterocycles. The Bertz CT molecular complexity index is 416. The summed E-state index contributed by atoms with van der Waals surface area (Å²) in [5.41, 5.74) is 1.61. The van der Waals surface area contributed by atoms with E-state index in [2.05, 4.69) is 20.8 Å². The van der Waals surface area contributed by atoms with E-state index in [9.17, 15) is 14.5 Å². The second-order valence-electron chi connectivity index (χ2n) is 4.60. The van der Waals surface area contributed by atoms with Crippen LogP contribution in [0.4, 0.5) is 4.39 Å². The molecular weight excluding hydrogens is 209 g/mol. The molecule has 1 aromatic rings. The number of halogens is 1. The Hall–Kier alpha value is -1.71. The maximum absolute atomic E-state index is 12.7. The average Bonchev–Trinajstić information content (AvgIpc) is 2.17. The number of hydrogen-bond acceptors (Lipinski definition) is 2.